The minimum Gasteiger partial charge on any atom is -0.324 e. The van der Waals surface area contributed by atoms with Crippen LogP contribution in [0.15, 0.2) is 18.2 Å². The van der Waals surface area contributed by atoms with Gasteiger partial charge in [-0.15, -0.1) is 0 Å². The Morgan fingerprint density at radius 3 is 2.48 bits per heavy atom. The average Bonchev–Trinajstić information content (AvgIpc) is 2.45. The highest BCUT2D eigenvalue weighted by Gasteiger charge is 2.26. The Morgan fingerprint density at radius 1 is 1.24 bits per heavy atom. The minimum atomic E-state index is -0.0681. The van der Waals surface area contributed by atoms with Gasteiger partial charge in [0, 0.05) is 37.8 Å². The number of nitrogens with two attached hydrogens (primary N) is 1. The van der Waals surface area contributed by atoms with Crippen LogP contribution in [0.5, 0.6) is 0 Å². The van der Waals surface area contributed by atoms with Gasteiger partial charge in [-0.3, -0.25) is 4.90 Å². The molecule has 0 bridgehead atoms. The van der Waals surface area contributed by atoms with Crippen molar-refractivity contribution in [3.8, 4) is 0 Å². The van der Waals surface area contributed by atoms with Gasteiger partial charge in [0.1, 0.15) is 0 Å². The molecule has 3 unspecified atom stereocenters. The highest BCUT2D eigenvalue weighted by atomic mass is 35.5. The summed E-state index contributed by atoms with van der Waals surface area (Å²) < 4.78 is 0. The number of rotatable bonds is 4. The van der Waals surface area contributed by atoms with Crippen molar-refractivity contribution in [2.45, 2.75) is 38.4 Å². The van der Waals surface area contributed by atoms with E-state index in [1.165, 1.54) is 0 Å². The van der Waals surface area contributed by atoms with E-state index in [4.69, 9.17) is 28.9 Å². The van der Waals surface area contributed by atoms with Crippen molar-refractivity contribution < 1.29 is 0 Å². The smallest absolute Gasteiger partial charge is 0.0640 e. The Labute approximate surface area is 138 Å². The van der Waals surface area contributed by atoms with Crippen molar-refractivity contribution in [2.24, 2.45) is 5.73 Å². The van der Waals surface area contributed by atoms with Crippen LogP contribution < -0.4 is 5.73 Å². The highest BCUT2D eigenvalue weighted by molar-refractivity contribution is 6.42. The Morgan fingerprint density at radius 2 is 1.86 bits per heavy atom. The molecule has 0 radical (unpaired) electrons. The average molecular weight is 330 g/mol. The van der Waals surface area contributed by atoms with Crippen LogP contribution in [0, 0.1) is 0 Å². The van der Waals surface area contributed by atoms with Gasteiger partial charge in [-0.1, -0.05) is 35.3 Å². The molecule has 0 aliphatic carbocycles. The third kappa shape index (κ3) is 4.11. The minimum absolute atomic E-state index is 0.0681. The number of halogens is 2. The molecule has 3 nitrogen and oxygen atoms in total. The van der Waals surface area contributed by atoms with E-state index in [0.717, 1.165) is 31.6 Å². The van der Waals surface area contributed by atoms with Crippen LogP contribution in [-0.4, -0.2) is 48.6 Å². The lowest BCUT2D eigenvalue weighted by Crippen LogP contribution is -2.55. The van der Waals surface area contributed by atoms with E-state index in [2.05, 4.69) is 30.7 Å². The summed E-state index contributed by atoms with van der Waals surface area (Å²) in [5, 5.41) is 1.17. The summed E-state index contributed by atoms with van der Waals surface area (Å²) in [5.41, 5.74) is 7.24. The lowest BCUT2D eigenvalue weighted by Gasteiger charge is -2.42. The standard InChI is InChI=1S/C16H25Cl2N3/c1-11-9-21(10-12(2)20(11)3)8-7-15(19)13-5-4-6-14(17)16(13)18/h4-6,11-12,15H,7-10,19H2,1-3H3. The normalized spacial score (nSPS) is 26.0. The molecule has 1 aliphatic heterocycles. The van der Waals surface area contributed by atoms with Crippen LogP contribution in [0.1, 0.15) is 31.9 Å². The third-order valence-electron chi connectivity index (χ3n) is 4.57. The first-order valence-corrected chi connectivity index (χ1v) is 8.29. The Balaban J connectivity index is 1.92. The first kappa shape index (κ1) is 17.0. The maximum atomic E-state index is 6.30. The molecule has 1 fully saturated rings. The summed E-state index contributed by atoms with van der Waals surface area (Å²) in [6.07, 6.45) is 0.892. The van der Waals surface area contributed by atoms with Gasteiger partial charge in [-0.25, -0.2) is 0 Å². The number of nitrogens with zero attached hydrogens (tertiary/aromatic N) is 2. The van der Waals surface area contributed by atoms with Gasteiger partial charge in [0.05, 0.1) is 10.0 Å². The van der Waals surface area contributed by atoms with E-state index in [9.17, 15) is 0 Å². The predicted octanol–water partition coefficient (Wildman–Crippen LogP) is 3.41. The van der Waals surface area contributed by atoms with Crippen LogP contribution in [0.3, 0.4) is 0 Å². The van der Waals surface area contributed by atoms with Gasteiger partial charge in [0.2, 0.25) is 0 Å². The Kier molecular flexibility index (Phi) is 5.92. The fourth-order valence-corrected chi connectivity index (χ4v) is 3.43. The van der Waals surface area contributed by atoms with Gasteiger partial charge in [-0.2, -0.15) is 0 Å². The summed E-state index contributed by atoms with van der Waals surface area (Å²) in [7, 11) is 2.20. The van der Waals surface area contributed by atoms with Crippen molar-refractivity contribution in [1.82, 2.24) is 9.80 Å². The zero-order valence-corrected chi connectivity index (χ0v) is 14.5. The molecule has 3 atom stereocenters. The molecule has 1 aliphatic rings. The van der Waals surface area contributed by atoms with Crippen LogP contribution in [-0.2, 0) is 0 Å². The summed E-state index contributed by atoms with van der Waals surface area (Å²) in [6, 6.07) is 6.77. The summed E-state index contributed by atoms with van der Waals surface area (Å²) in [6.45, 7) is 7.73. The van der Waals surface area contributed by atoms with E-state index < -0.39 is 0 Å². The van der Waals surface area contributed by atoms with E-state index in [-0.39, 0.29) is 6.04 Å². The van der Waals surface area contributed by atoms with E-state index in [1.54, 1.807) is 6.07 Å². The monoisotopic (exact) mass is 329 g/mol. The molecule has 1 aromatic carbocycles. The molecule has 21 heavy (non-hydrogen) atoms. The number of hydrogen-bond donors (Lipinski definition) is 1. The second-order valence-electron chi connectivity index (χ2n) is 6.16. The molecular weight excluding hydrogens is 305 g/mol. The zero-order valence-electron chi connectivity index (χ0n) is 13.0. The molecule has 0 spiro atoms. The van der Waals surface area contributed by atoms with Crippen molar-refractivity contribution >= 4 is 23.2 Å². The summed E-state index contributed by atoms with van der Waals surface area (Å²) in [4.78, 5) is 4.93. The lowest BCUT2D eigenvalue weighted by molar-refractivity contribution is 0.0584. The second kappa shape index (κ2) is 7.30. The maximum Gasteiger partial charge on any atom is 0.0640 e. The van der Waals surface area contributed by atoms with Gasteiger partial charge >= 0.3 is 0 Å². The SMILES string of the molecule is CC1CN(CCC(N)c2cccc(Cl)c2Cl)CC(C)N1C. The molecule has 1 saturated heterocycles. The number of piperazine rings is 1. The zero-order chi connectivity index (χ0) is 15.6. The second-order valence-corrected chi connectivity index (χ2v) is 6.95. The molecule has 0 saturated carbocycles. The summed E-state index contributed by atoms with van der Waals surface area (Å²) in [5.74, 6) is 0. The van der Waals surface area contributed by atoms with Crippen LogP contribution >= 0.6 is 23.2 Å². The number of benzene rings is 1. The molecule has 5 heteroatoms. The third-order valence-corrected chi connectivity index (χ3v) is 5.41. The van der Waals surface area contributed by atoms with Gasteiger partial charge in [-0.05, 0) is 38.9 Å². The molecule has 118 valence electrons. The molecular formula is C16H25Cl2N3. The number of likely N-dealkylation sites (N-methyl/N-ethyl adjacent to an activating group) is 1. The molecule has 1 heterocycles. The summed E-state index contributed by atoms with van der Waals surface area (Å²) >= 11 is 12.3. The molecule has 2 N–H and O–H groups in total. The van der Waals surface area contributed by atoms with Gasteiger partial charge in [0.15, 0.2) is 0 Å². The van der Waals surface area contributed by atoms with Crippen molar-refractivity contribution in [3.63, 3.8) is 0 Å². The van der Waals surface area contributed by atoms with E-state index >= 15 is 0 Å². The number of hydrogen-bond acceptors (Lipinski definition) is 3. The van der Waals surface area contributed by atoms with Crippen LogP contribution in [0.2, 0.25) is 10.0 Å². The van der Waals surface area contributed by atoms with E-state index in [0.29, 0.717) is 22.1 Å². The maximum absolute atomic E-state index is 6.30. The Bertz CT molecular complexity index is 469. The molecule has 0 aromatic heterocycles. The topological polar surface area (TPSA) is 32.5 Å². The Hall–Kier alpha value is -0.320. The quantitative estimate of drug-likeness (QED) is 0.918. The van der Waals surface area contributed by atoms with Gasteiger partial charge < -0.3 is 10.6 Å². The lowest BCUT2D eigenvalue weighted by atomic mass is 10.0. The van der Waals surface area contributed by atoms with Crippen LogP contribution in [0.4, 0.5) is 0 Å². The highest BCUT2D eigenvalue weighted by Crippen LogP contribution is 2.30. The van der Waals surface area contributed by atoms with Crippen molar-refractivity contribution in [3.05, 3.63) is 33.8 Å². The van der Waals surface area contributed by atoms with Gasteiger partial charge in [0.25, 0.3) is 0 Å². The first-order valence-electron chi connectivity index (χ1n) is 7.54. The predicted molar refractivity (Wildman–Crippen MR) is 91.1 cm³/mol. The molecule has 2 rings (SSSR count). The molecule has 0 amide bonds. The van der Waals surface area contributed by atoms with Crippen molar-refractivity contribution in [2.75, 3.05) is 26.7 Å². The van der Waals surface area contributed by atoms with Crippen molar-refractivity contribution in [1.29, 1.82) is 0 Å². The van der Waals surface area contributed by atoms with E-state index in [1.807, 2.05) is 12.1 Å². The largest absolute Gasteiger partial charge is 0.324 e. The fraction of sp³-hybridized carbons (Fsp3) is 0.625. The molecule has 1 aromatic rings. The fourth-order valence-electron chi connectivity index (χ4n) is 2.98. The van der Waals surface area contributed by atoms with Crippen LogP contribution in [0.25, 0.3) is 0 Å². The first-order chi connectivity index (χ1) is 9.90.